The third kappa shape index (κ3) is 2.12. The van der Waals surface area contributed by atoms with Gasteiger partial charge >= 0.3 is 0 Å². The number of pyridine rings is 1. The normalized spacial score (nSPS) is 30.9. The molecule has 0 saturated carbocycles. The molecular weight excluding hydrogens is 250 g/mol. The van der Waals surface area contributed by atoms with Crippen molar-refractivity contribution in [2.24, 2.45) is 0 Å². The average Bonchev–Trinajstić information content (AvgIpc) is 2.47. The van der Waals surface area contributed by atoms with E-state index in [-0.39, 0.29) is 11.4 Å². The number of carbonyl (C=O) groups excluding carboxylic acids is 1. The fourth-order valence-electron chi connectivity index (χ4n) is 3.99. The number of hydrogen-bond acceptors (Lipinski definition) is 3. The Bertz CT molecular complexity index is 490. The monoisotopic (exact) mass is 273 g/mol. The van der Waals surface area contributed by atoms with Gasteiger partial charge in [-0.1, -0.05) is 6.07 Å². The van der Waals surface area contributed by atoms with Crippen molar-refractivity contribution in [1.82, 2.24) is 14.8 Å². The van der Waals surface area contributed by atoms with E-state index in [1.54, 1.807) is 6.20 Å². The van der Waals surface area contributed by atoms with Crippen LogP contribution in [0.4, 0.5) is 0 Å². The van der Waals surface area contributed by atoms with Gasteiger partial charge < -0.3 is 9.80 Å². The van der Waals surface area contributed by atoms with Crippen LogP contribution in [0.15, 0.2) is 24.4 Å². The van der Waals surface area contributed by atoms with E-state index < -0.39 is 0 Å². The highest BCUT2D eigenvalue weighted by molar-refractivity contribution is 5.93. The van der Waals surface area contributed by atoms with E-state index in [4.69, 9.17) is 0 Å². The van der Waals surface area contributed by atoms with Gasteiger partial charge in [0, 0.05) is 18.8 Å². The van der Waals surface area contributed by atoms with E-state index in [1.165, 1.54) is 6.42 Å². The first-order valence-electron chi connectivity index (χ1n) is 7.56. The van der Waals surface area contributed by atoms with E-state index in [1.807, 2.05) is 18.2 Å². The number of rotatable bonds is 1. The lowest BCUT2D eigenvalue weighted by Gasteiger charge is -2.55. The highest BCUT2D eigenvalue weighted by Crippen LogP contribution is 2.38. The second-order valence-corrected chi connectivity index (χ2v) is 6.27. The Labute approximate surface area is 120 Å². The number of piperidine rings is 2. The predicted octanol–water partition coefficient (Wildman–Crippen LogP) is 2.17. The van der Waals surface area contributed by atoms with E-state index in [9.17, 15) is 4.79 Å². The quantitative estimate of drug-likeness (QED) is 0.787. The summed E-state index contributed by atoms with van der Waals surface area (Å²) in [4.78, 5) is 21.6. The van der Waals surface area contributed by atoms with Crippen LogP contribution in [0.1, 0.15) is 43.1 Å². The Morgan fingerprint density at radius 3 is 2.95 bits per heavy atom. The van der Waals surface area contributed by atoms with Crippen LogP contribution < -0.4 is 0 Å². The Balaban J connectivity index is 1.90. The molecule has 4 nitrogen and oxygen atoms in total. The summed E-state index contributed by atoms with van der Waals surface area (Å²) in [5, 5.41) is 0. The summed E-state index contributed by atoms with van der Waals surface area (Å²) < 4.78 is 0. The molecule has 20 heavy (non-hydrogen) atoms. The van der Waals surface area contributed by atoms with Crippen molar-refractivity contribution in [3.63, 3.8) is 0 Å². The lowest BCUT2D eigenvalue weighted by atomic mass is 9.76. The smallest absolute Gasteiger partial charge is 0.272 e. The molecule has 3 rings (SSSR count). The molecule has 1 aromatic rings. The second kappa shape index (κ2) is 5.17. The second-order valence-electron chi connectivity index (χ2n) is 6.27. The zero-order valence-corrected chi connectivity index (χ0v) is 12.4. The third-order valence-electron chi connectivity index (χ3n) is 5.05. The van der Waals surface area contributed by atoms with E-state index in [0.717, 1.165) is 32.4 Å². The van der Waals surface area contributed by atoms with Crippen molar-refractivity contribution < 1.29 is 4.79 Å². The molecule has 2 saturated heterocycles. The van der Waals surface area contributed by atoms with Gasteiger partial charge in [-0.3, -0.25) is 9.78 Å². The van der Waals surface area contributed by atoms with Crippen LogP contribution in [-0.4, -0.2) is 52.4 Å². The fourth-order valence-corrected chi connectivity index (χ4v) is 3.99. The minimum atomic E-state index is -0.0418. The summed E-state index contributed by atoms with van der Waals surface area (Å²) in [7, 11) is 2.19. The number of carbonyl (C=O) groups is 1. The molecule has 0 bridgehead atoms. The number of hydrogen-bond donors (Lipinski definition) is 0. The first-order valence-corrected chi connectivity index (χ1v) is 7.56. The van der Waals surface area contributed by atoms with E-state index >= 15 is 0 Å². The molecule has 0 N–H and O–H groups in total. The number of likely N-dealkylation sites (N-methyl/N-ethyl adjacent to an activating group) is 1. The van der Waals surface area contributed by atoms with Crippen molar-refractivity contribution in [3.05, 3.63) is 30.1 Å². The van der Waals surface area contributed by atoms with Gasteiger partial charge in [0.25, 0.3) is 5.91 Å². The minimum Gasteiger partial charge on any atom is -0.330 e. The van der Waals surface area contributed by atoms with Crippen molar-refractivity contribution in [1.29, 1.82) is 0 Å². The van der Waals surface area contributed by atoms with Crippen LogP contribution in [0.2, 0.25) is 0 Å². The summed E-state index contributed by atoms with van der Waals surface area (Å²) in [5.74, 6) is 0.0908. The number of amides is 1. The molecule has 2 aliphatic rings. The zero-order chi connectivity index (χ0) is 14.2. The summed E-state index contributed by atoms with van der Waals surface area (Å²) >= 11 is 0. The maximum atomic E-state index is 12.8. The highest BCUT2D eigenvalue weighted by atomic mass is 16.2. The molecule has 0 unspecified atom stereocenters. The number of aromatic nitrogens is 1. The van der Waals surface area contributed by atoms with Crippen LogP contribution in [0, 0.1) is 0 Å². The average molecular weight is 273 g/mol. The lowest BCUT2D eigenvalue weighted by molar-refractivity contribution is -0.0348. The fraction of sp³-hybridized carbons (Fsp3) is 0.625. The maximum Gasteiger partial charge on any atom is 0.272 e. The molecule has 0 aromatic carbocycles. The van der Waals surface area contributed by atoms with Crippen LogP contribution in [0.25, 0.3) is 0 Å². The molecule has 108 valence electrons. The van der Waals surface area contributed by atoms with Crippen molar-refractivity contribution in [3.8, 4) is 0 Å². The minimum absolute atomic E-state index is 0.0418. The number of nitrogens with zero attached hydrogens (tertiary/aromatic N) is 3. The summed E-state index contributed by atoms with van der Waals surface area (Å²) in [6.07, 6.45) is 6.24. The van der Waals surface area contributed by atoms with Gasteiger partial charge in [0.15, 0.2) is 0 Å². The van der Waals surface area contributed by atoms with E-state index in [2.05, 4.69) is 28.8 Å². The number of fused-ring (bicyclic) bond motifs is 1. The molecule has 0 aliphatic carbocycles. The van der Waals surface area contributed by atoms with Gasteiger partial charge in [-0.05, 0) is 58.3 Å². The Morgan fingerprint density at radius 1 is 1.35 bits per heavy atom. The molecule has 4 heteroatoms. The number of likely N-dealkylation sites (tertiary alicyclic amines) is 2. The van der Waals surface area contributed by atoms with Gasteiger partial charge in [0.05, 0.1) is 5.54 Å². The molecule has 1 amide bonds. The lowest BCUT2D eigenvalue weighted by Crippen LogP contribution is -2.66. The maximum absolute atomic E-state index is 12.8. The van der Waals surface area contributed by atoms with Crippen LogP contribution in [0.3, 0.4) is 0 Å². The third-order valence-corrected chi connectivity index (χ3v) is 5.05. The van der Waals surface area contributed by atoms with Gasteiger partial charge in [-0.2, -0.15) is 0 Å². The van der Waals surface area contributed by atoms with Crippen molar-refractivity contribution in [2.75, 3.05) is 20.1 Å². The highest BCUT2D eigenvalue weighted by Gasteiger charge is 2.48. The Hall–Kier alpha value is -1.42. The van der Waals surface area contributed by atoms with Crippen LogP contribution >= 0.6 is 0 Å². The van der Waals surface area contributed by atoms with Crippen molar-refractivity contribution in [2.45, 2.75) is 44.2 Å². The van der Waals surface area contributed by atoms with Crippen LogP contribution in [0.5, 0.6) is 0 Å². The largest absolute Gasteiger partial charge is 0.330 e. The van der Waals surface area contributed by atoms with Gasteiger partial charge in [-0.25, -0.2) is 0 Å². The molecule has 2 fully saturated rings. The zero-order valence-electron chi connectivity index (χ0n) is 12.4. The molecule has 1 aromatic heterocycles. The molecular formula is C16H23N3O. The van der Waals surface area contributed by atoms with Gasteiger partial charge in [-0.15, -0.1) is 0 Å². The first kappa shape index (κ1) is 13.6. The Kier molecular flexibility index (Phi) is 3.50. The van der Waals surface area contributed by atoms with E-state index in [0.29, 0.717) is 11.7 Å². The molecule has 0 spiro atoms. The predicted molar refractivity (Wildman–Crippen MR) is 78.6 cm³/mol. The summed E-state index contributed by atoms with van der Waals surface area (Å²) in [5.41, 5.74) is 0.530. The Morgan fingerprint density at radius 2 is 2.20 bits per heavy atom. The molecule has 2 atom stereocenters. The summed E-state index contributed by atoms with van der Waals surface area (Å²) in [6, 6.07) is 6.04. The van der Waals surface area contributed by atoms with Crippen LogP contribution in [-0.2, 0) is 0 Å². The summed E-state index contributed by atoms with van der Waals surface area (Å²) in [6.45, 7) is 4.26. The molecule has 0 radical (unpaired) electrons. The topological polar surface area (TPSA) is 36.4 Å². The van der Waals surface area contributed by atoms with Gasteiger partial charge in [0.2, 0.25) is 0 Å². The SMILES string of the molecule is CN1CCC[C@@]2(C)[C@H]1CCCN2C(=O)c1ccccn1. The van der Waals surface area contributed by atoms with Gasteiger partial charge in [0.1, 0.15) is 5.69 Å². The standard InChI is InChI=1S/C16H23N3O/c1-16-9-6-11-18(2)14(16)8-5-12-19(16)15(20)13-7-3-4-10-17-13/h3-4,7,10,14H,5-6,8-9,11-12H2,1-2H3/t14-,16+/m1/s1. The first-order chi connectivity index (χ1) is 9.63. The molecule has 2 aliphatic heterocycles. The van der Waals surface area contributed by atoms with Crippen molar-refractivity contribution >= 4 is 5.91 Å². The molecule has 3 heterocycles.